The predicted molar refractivity (Wildman–Crippen MR) is 174 cm³/mol. The molecule has 0 fully saturated rings. The molecule has 2 aromatic heterocycles. The highest BCUT2D eigenvalue weighted by molar-refractivity contribution is 7.98. The van der Waals surface area contributed by atoms with Gasteiger partial charge in [0.05, 0.1) is 16.5 Å². The zero-order valence-corrected chi connectivity index (χ0v) is 25.8. The van der Waals surface area contributed by atoms with Gasteiger partial charge in [-0.25, -0.2) is 8.42 Å². The highest BCUT2D eigenvalue weighted by atomic mass is 32.2. The fourth-order valence-electron chi connectivity index (χ4n) is 5.10. The van der Waals surface area contributed by atoms with Crippen LogP contribution in [-0.4, -0.2) is 33.1 Å². The van der Waals surface area contributed by atoms with E-state index in [1.54, 1.807) is 35.0 Å². The van der Waals surface area contributed by atoms with E-state index in [4.69, 9.17) is 0 Å². The van der Waals surface area contributed by atoms with E-state index in [-0.39, 0.29) is 17.0 Å². The maximum Gasteiger partial charge on any atom is 0.269 e. The van der Waals surface area contributed by atoms with Crippen LogP contribution in [0.2, 0.25) is 0 Å². The molecule has 0 radical (unpaired) electrons. The number of hydrogen-bond donors (Lipinski definition) is 1. The van der Waals surface area contributed by atoms with Crippen LogP contribution in [0.25, 0.3) is 16.6 Å². The number of nitrogens with one attached hydrogen (secondary N) is 1. The fraction of sp³-hybridized carbons (Fsp3) is 0.121. The molecule has 0 aliphatic rings. The van der Waals surface area contributed by atoms with Crippen LogP contribution in [0, 0.1) is 17.0 Å². The normalized spacial score (nSPS) is 12.3. The molecule has 1 unspecified atom stereocenters. The summed E-state index contributed by atoms with van der Waals surface area (Å²) in [5.41, 5.74) is 3.96. The third kappa shape index (κ3) is 6.78. The molecule has 1 atom stereocenters. The van der Waals surface area contributed by atoms with E-state index >= 15 is 0 Å². The van der Waals surface area contributed by atoms with E-state index in [0.717, 1.165) is 16.7 Å². The molecule has 0 aliphatic heterocycles. The van der Waals surface area contributed by atoms with Gasteiger partial charge in [-0.15, -0.1) is 10.2 Å². The number of nitro benzene ring substituents is 1. The van der Waals surface area contributed by atoms with Gasteiger partial charge >= 0.3 is 0 Å². The summed E-state index contributed by atoms with van der Waals surface area (Å²) >= 11 is 1.44. The molecule has 1 N–H and O–H groups in total. The predicted octanol–water partition coefficient (Wildman–Crippen LogP) is 6.59. The first-order valence-electron chi connectivity index (χ1n) is 14.1. The molecular formula is C33H28N6O4S2. The number of pyridine rings is 1. The molecule has 226 valence electrons. The van der Waals surface area contributed by atoms with E-state index < -0.39 is 21.0 Å². The number of benzene rings is 4. The summed E-state index contributed by atoms with van der Waals surface area (Å²) in [6, 6.07) is 31.4. The van der Waals surface area contributed by atoms with Gasteiger partial charge in [-0.3, -0.25) is 19.7 Å². The van der Waals surface area contributed by atoms with Crippen LogP contribution in [-0.2, 0) is 22.2 Å². The Balaban J connectivity index is 1.45. The molecule has 0 saturated carbocycles. The number of aromatic nitrogens is 4. The second-order valence-corrected chi connectivity index (χ2v) is 13.0. The van der Waals surface area contributed by atoms with Crippen molar-refractivity contribution in [3.05, 3.63) is 148 Å². The van der Waals surface area contributed by atoms with Gasteiger partial charge in [0.25, 0.3) is 5.69 Å². The number of hydrogen-bond acceptors (Lipinski definition) is 8. The third-order valence-corrected chi connectivity index (χ3v) is 9.71. The number of para-hydroxylation sites is 1. The highest BCUT2D eigenvalue weighted by Crippen LogP contribution is 2.31. The zero-order chi connectivity index (χ0) is 31.4. The first-order valence-corrected chi connectivity index (χ1v) is 16.5. The maximum absolute atomic E-state index is 14.0. The standard InChI is InChI=1S/C33H28N6O4S2/c1-23-8-5-11-25(20-23)22-44-33-36-35-32(38(33)27-15-17-28(18-16-27)39(40)41)29(21-24-9-3-2-4-10-24)37-45(42,43)30-14-6-12-26-13-7-19-34-31(26)30/h2-20,29,37H,21-22H2,1H3. The number of non-ortho nitro benzene ring substituents is 1. The molecule has 0 bridgehead atoms. The molecule has 0 spiro atoms. The molecule has 4 aromatic carbocycles. The minimum Gasteiger partial charge on any atom is -0.273 e. The Labute approximate surface area is 264 Å². The van der Waals surface area contributed by atoms with E-state index in [1.165, 1.54) is 30.0 Å². The molecule has 6 rings (SSSR count). The van der Waals surface area contributed by atoms with Gasteiger partial charge in [0, 0.05) is 35.2 Å². The fourth-order valence-corrected chi connectivity index (χ4v) is 7.37. The summed E-state index contributed by atoms with van der Waals surface area (Å²) < 4.78 is 32.8. The van der Waals surface area contributed by atoms with E-state index in [2.05, 4.69) is 26.0 Å². The molecule has 0 amide bonds. The molecular weight excluding hydrogens is 609 g/mol. The second kappa shape index (κ2) is 13.0. The van der Waals surface area contributed by atoms with Gasteiger partial charge in [0.2, 0.25) is 10.0 Å². The summed E-state index contributed by atoms with van der Waals surface area (Å²) in [5.74, 6) is 0.931. The van der Waals surface area contributed by atoms with Crippen molar-refractivity contribution in [2.24, 2.45) is 0 Å². The van der Waals surface area contributed by atoms with Crippen LogP contribution >= 0.6 is 11.8 Å². The molecule has 0 saturated heterocycles. The van der Waals surface area contributed by atoms with Crippen LogP contribution < -0.4 is 4.72 Å². The van der Waals surface area contributed by atoms with Gasteiger partial charge in [-0.05, 0) is 48.7 Å². The monoisotopic (exact) mass is 636 g/mol. The summed E-state index contributed by atoms with van der Waals surface area (Å²) in [7, 11) is -4.11. The van der Waals surface area contributed by atoms with Crippen molar-refractivity contribution >= 4 is 38.4 Å². The minimum absolute atomic E-state index is 0.0501. The SMILES string of the molecule is Cc1cccc(CSc2nnc(C(Cc3ccccc3)NS(=O)(=O)c3cccc4cccnc34)n2-c2ccc([N+](=O)[O-])cc2)c1. The number of sulfonamides is 1. The van der Waals surface area contributed by atoms with Crippen LogP contribution in [0.5, 0.6) is 0 Å². The lowest BCUT2D eigenvalue weighted by Gasteiger charge is -2.20. The number of nitro groups is 1. The average molecular weight is 637 g/mol. The summed E-state index contributed by atoms with van der Waals surface area (Å²) in [4.78, 5) is 15.3. The Bertz CT molecular complexity index is 2080. The summed E-state index contributed by atoms with van der Waals surface area (Å²) in [5, 5.41) is 21.6. The molecule has 10 nitrogen and oxygen atoms in total. The topological polar surface area (TPSA) is 133 Å². The van der Waals surface area contributed by atoms with Crippen LogP contribution in [0.1, 0.15) is 28.6 Å². The Morgan fingerprint density at radius 3 is 2.38 bits per heavy atom. The molecule has 0 aliphatic carbocycles. The molecule has 12 heteroatoms. The van der Waals surface area contributed by atoms with Crippen molar-refractivity contribution in [1.29, 1.82) is 0 Å². The van der Waals surface area contributed by atoms with E-state index in [0.29, 0.717) is 33.3 Å². The van der Waals surface area contributed by atoms with Crippen molar-refractivity contribution in [3.63, 3.8) is 0 Å². The van der Waals surface area contributed by atoms with E-state index in [1.807, 2.05) is 67.6 Å². The van der Waals surface area contributed by atoms with Gasteiger partial charge in [-0.2, -0.15) is 4.72 Å². The molecule has 2 heterocycles. The Morgan fingerprint density at radius 2 is 1.62 bits per heavy atom. The summed E-state index contributed by atoms with van der Waals surface area (Å²) in [6.07, 6.45) is 1.83. The summed E-state index contributed by atoms with van der Waals surface area (Å²) in [6.45, 7) is 2.03. The maximum atomic E-state index is 14.0. The van der Waals surface area contributed by atoms with Crippen LogP contribution in [0.3, 0.4) is 0 Å². The van der Waals surface area contributed by atoms with Gasteiger partial charge < -0.3 is 0 Å². The van der Waals surface area contributed by atoms with Crippen molar-refractivity contribution in [2.75, 3.05) is 0 Å². The first kappa shape index (κ1) is 30.1. The zero-order valence-electron chi connectivity index (χ0n) is 24.1. The lowest BCUT2D eigenvalue weighted by Crippen LogP contribution is -2.32. The first-order chi connectivity index (χ1) is 21.8. The number of aryl methyl sites for hydroxylation is 1. The van der Waals surface area contributed by atoms with Crippen LogP contribution in [0.4, 0.5) is 5.69 Å². The Morgan fingerprint density at radius 1 is 0.889 bits per heavy atom. The lowest BCUT2D eigenvalue weighted by atomic mass is 10.1. The van der Waals surface area contributed by atoms with Gasteiger partial charge in [0.1, 0.15) is 4.90 Å². The number of rotatable bonds is 11. The minimum atomic E-state index is -4.11. The van der Waals surface area contributed by atoms with Crippen LogP contribution in [0.15, 0.2) is 125 Å². The smallest absolute Gasteiger partial charge is 0.269 e. The van der Waals surface area contributed by atoms with Crippen molar-refractivity contribution in [1.82, 2.24) is 24.5 Å². The van der Waals surface area contributed by atoms with Gasteiger partial charge in [0.15, 0.2) is 11.0 Å². The number of nitrogens with zero attached hydrogens (tertiary/aromatic N) is 5. The Kier molecular flexibility index (Phi) is 8.69. The Hall–Kier alpha value is -4.91. The second-order valence-electron chi connectivity index (χ2n) is 10.4. The lowest BCUT2D eigenvalue weighted by molar-refractivity contribution is -0.384. The molecule has 6 aromatic rings. The highest BCUT2D eigenvalue weighted by Gasteiger charge is 2.29. The number of thioether (sulfide) groups is 1. The quantitative estimate of drug-likeness (QED) is 0.0957. The van der Waals surface area contributed by atoms with E-state index in [9.17, 15) is 18.5 Å². The largest absolute Gasteiger partial charge is 0.273 e. The van der Waals surface area contributed by atoms with Gasteiger partial charge in [-0.1, -0.05) is 90.1 Å². The molecule has 45 heavy (non-hydrogen) atoms. The van der Waals surface area contributed by atoms with Crippen molar-refractivity contribution in [2.45, 2.75) is 35.2 Å². The van der Waals surface area contributed by atoms with Crippen molar-refractivity contribution < 1.29 is 13.3 Å². The van der Waals surface area contributed by atoms with Crippen molar-refractivity contribution in [3.8, 4) is 5.69 Å². The number of fused-ring (bicyclic) bond motifs is 1. The average Bonchev–Trinajstić information content (AvgIpc) is 3.47. The third-order valence-electron chi connectivity index (χ3n) is 7.20.